The SMILES string of the molecule is O=C(O)c1ccc2c(c1)n(CCCO)c(=O)n2Cc1c(F)cccc1F. The van der Waals surface area contributed by atoms with Gasteiger partial charge >= 0.3 is 11.7 Å². The number of aliphatic hydroxyl groups excluding tert-OH is 1. The minimum Gasteiger partial charge on any atom is -0.478 e. The van der Waals surface area contributed by atoms with Gasteiger partial charge in [0.15, 0.2) is 0 Å². The van der Waals surface area contributed by atoms with E-state index in [1.807, 2.05) is 0 Å². The van der Waals surface area contributed by atoms with Crippen LogP contribution in [0.4, 0.5) is 8.78 Å². The van der Waals surface area contributed by atoms with Gasteiger partial charge in [0, 0.05) is 18.7 Å². The molecule has 0 bridgehead atoms. The first-order valence-corrected chi connectivity index (χ1v) is 7.94. The van der Waals surface area contributed by atoms with Gasteiger partial charge < -0.3 is 10.2 Å². The maximum absolute atomic E-state index is 14.0. The molecule has 0 saturated carbocycles. The van der Waals surface area contributed by atoms with Crippen molar-refractivity contribution in [3.8, 4) is 0 Å². The van der Waals surface area contributed by atoms with Gasteiger partial charge in [-0.05, 0) is 36.8 Å². The fourth-order valence-corrected chi connectivity index (χ4v) is 2.89. The van der Waals surface area contributed by atoms with Crippen LogP contribution in [0.25, 0.3) is 11.0 Å². The van der Waals surface area contributed by atoms with Crippen molar-refractivity contribution in [1.29, 1.82) is 0 Å². The maximum Gasteiger partial charge on any atom is 0.335 e. The smallest absolute Gasteiger partial charge is 0.335 e. The van der Waals surface area contributed by atoms with Crippen LogP contribution < -0.4 is 5.69 Å². The molecule has 0 atom stereocenters. The van der Waals surface area contributed by atoms with E-state index in [1.165, 1.54) is 33.4 Å². The molecule has 26 heavy (non-hydrogen) atoms. The highest BCUT2D eigenvalue weighted by molar-refractivity contribution is 5.92. The number of hydrogen-bond acceptors (Lipinski definition) is 3. The first-order valence-electron chi connectivity index (χ1n) is 7.94. The topological polar surface area (TPSA) is 84.5 Å². The molecule has 136 valence electrons. The highest BCUT2D eigenvalue weighted by atomic mass is 19.1. The first-order chi connectivity index (χ1) is 12.4. The summed E-state index contributed by atoms with van der Waals surface area (Å²) in [7, 11) is 0. The molecule has 2 N–H and O–H groups in total. The minimum atomic E-state index is -1.15. The van der Waals surface area contributed by atoms with Gasteiger partial charge in [0.05, 0.1) is 23.1 Å². The molecule has 0 fully saturated rings. The third kappa shape index (κ3) is 3.11. The second kappa shape index (κ2) is 7.09. The number of aromatic nitrogens is 2. The highest BCUT2D eigenvalue weighted by Crippen LogP contribution is 2.20. The van der Waals surface area contributed by atoms with Crippen molar-refractivity contribution < 1.29 is 23.8 Å². The zero-order chi connectivity index (χ0) is 18.8. The van der Waals surface area contributed by atoms with Crippen molar-refractivity contribution >= 4 is 17.0 Å². The fraction of sp³-hybridized carbons (Fsp3) is 0.222. The van der Waals surface area contributed by atoms with Crippen LogP contribution in [-0.4, -0.2) is 31.9 Å². The van der Waals surface area contributed by atoms with Gasteiger partial charge in [0.1, 0.15) is 11.6 Å². The van der Waals surface area contributed by atoms with Crippen LogP contribution in [-0.2, 0) is 13.1 Å². The Morgan fingerprint density at radius 1 is 1.04 bits per heavy atom. The van der Waals surface area contributed by atoms with E-state index in [-0.39, 0.29) is 37.2 Å². The van der Waals surface area contributed by atoms with E-state index in [0.717, 1.165) is 12.1 Å². The van der Waals surface area contributed by atoms with E-state index >= 15 is 0 Å². The molecule has 1 heterocycles. The Hall–Kier alpha value is -3.00. The molecule has 0 amide bonds. The Labute approximate surface area is 146 Å². The molecule has 8 heteroatoms. The summed E-state index contributed by atoms with van der Waals surface area (Å²) in [5.74, 6) is -2.69. The molecule has 3 rings (SSSR count). The molecule has 0 radical (unpaired) electrons. The van der Waals surface area contributed by atoms with E-state index in [4.69, 9.17) is 10.2 Å². The van der Waals surface area contributed by atoms with Crippen molar-refractivity contribution in [2.24, 2.45) is 0 Å². The van der Waals surface area contributed by atoms with E-state index in [0.29, 0.717) is 11.0 Å². The number of carboxylic acid groups (broad SMARTS) is 1. The van der Waals surface area contributed by atoms with Gasteiger partial charge in [-0.2, -0.15) is 0 Å². The molecule has 0 spiro atoms. The number of hydrogen-bond donors (Lipinski definition) is 2. The van der Waals surface area contributed by atoms with Crippen LogP contribution >= 0.6 is 0 Å². The van der Waals surface area contributed by atoms with Crippen LogP contribution in [0.3, 0.4) is 0 Å². The number of imidazole rings is 1. The lowest BCUT2D eigenvalue weighted by atomic mass is 10.1. The predicted octanol–water partition coefficient (Wildman–Crippen LogP) is 2.21. The van der Waals surface area contributed by atoms with Gasteiger partial charge in [0.25, 0.3) is 0 Å². The normalized spacial score (nSPS) is 11.2. The quantitative estimate of drug-likeness (QED) is 0.704. The molecule has 1 aromatic heterocycles. The average Bonchev–Trinajstić information content (AvgIpc) is 2.87. The number of nitrogens with zero attached hydrogens (tertiary/aromatic N) is 2. The molecule has 2 aromatic carbocycles. The Morgan fingerprint density at radius 2 is 1.73 bits per heavy atom. The molecule has 0 aliphatic rings. The van der Waals surface area contributed by atoms with Crippen molar-refractivity contribution in [3.05, 3.63) is 69.6 Å². The summed E-state index contributed by atoms with van der Waals surface area (Å²) in [5, 5.41) is 18.2. The highest BCUT2D eigenvalue weighted by Gasteiger charge is 2.18. The molecule has 6 nitrogen and oxygen atoms in total. The number of carbonyl (C=O) groups is 1. The number of fused-ring (bicyclic) bond motifs is 1. The Kier molecular flexibility index (Phi) is 4.85. The van der Waals surface area contributed by atoms with Gasteiger partial charge in [-0.25, -0.2) is 18.4 Å². The van der Waals surface area contributed by atoms with E-state index < -0.39 is 23.3 Å². The Morgan fingerprint density at radius 3 is 2.35 bits per heavy atom. The lowest BCUT2D eigenvalue weighted by molar-refractivity contribution is 0.0697. The number of rotatable bonds is 6. The summed E-state index contributed by atoms with van der Waals surface area (Å²) in [4.78, 5) is 24.0. The van der Waals surface area contributed by atoms with E-state index in [2.05, 4.69) is 0 Å². The minimum absolute atomic E-state index is 0.00975. The van der Waals surface area contributed by atoms with Gasteiger partial charge in [0.2, 0.25) is 0 Å². The fourth-order valence-electron chi connectivity index (χ4n) is 2.89. The summed E-state index contributed by atoms with van der Waals surface area (Å²) in [6, 6.07) is 7.56. The first kappa shape index (κ1) is 17.8. The second-order valence-corrected chi connectivity index (χ2v) is 5.81. The van der Waals surface area contributed by atoms with Gasteiger partial charge in [-0.1, -0.05) is 6.07 Å². The summed E-state index contributed by atoms with van der Waals surface area (Å²) in [5.41, 5.74) is -0.0954. The molecule has 0 saturated heterocycles. The van der Waals surface area contributed by atoms with Crippen LogP contribution in [0.2, 0.25) is 0 Å². The number of carboxylic acids is 1. The number of aromatic carboxylic acids is 1. The van der Waals surface area contributed by atoms with Crippen LogP contribution in [0, 0.1) is 11.6 Å². The van der Waals surface area contributed by atoms with E-state index in [9.17, 15) is 18.4 Å². The van der Waals surface area contributed by atoms with Crippen molar-refractivity contribution in [2.45, 2.75) is 19.5 Å². The summed E-state index contributed by atoms with van der Waals surface area (Å²) in [6.07, 6.45) is 0.282. The molecule has 0 unspecified atom stereocenters. The molecule has 3 aromatic rings. The Bertz CT molecular complexity index is 1020. The molecular formula is C18H16F2N2O4. The summed E-state index contributed by atoms with van der Waals surface area (Å²) >= 11 is 0. The number of aliphatic hydroxyl groups is 1. The monoisotopic (exact) mass is 362 g/mol. The lowest BCUT2D eigenvalue weighted by Gasteiger charge is -2.06. The lowest BCUT2D eigenvalue weighted by Crippen LogP contribution is -2.25. The number of aryl methyl sites for hydroxylation is 1. The predicted molar refractivity (Wildman–Crippen MR) is 90.3 cm³/mol. The average molecular weight is 362 g/mol. The van der Waals surface area contributed by atoms with Crippen molar-refractivity contribution in [1.82, 2.24) is 9.13 Å². The summed E-state index contributed by atoms with van der Waals surface area (Å²) < 4.78 is 30.4. The van der Waals surface area contributed by atoms with Crippen LogP contribution in [0.1, 0.15) is 22.3 Å². The Balaban J connectivity index is 2.20. The van der Waals surface area contributed by atoms with Crippen molar-refractivity contribution in [2.75, 3.05) is 6.61 Å². The summed E-state index contributed by atoms with van der Waals surface area (Å²) in [6.45, 7) is -0.326. The number of halogens is 2. The molecule has 0 aliphatic heterocycles. The van der Waals surface area contributed by atoms with Crippen LogP contribution in [0.5, 0.6) is 0 Å². The second-order valence-electron chi connectivity index (χ2n) is 5.81. The maximum atomic E-state index is 14.0. The standard InChI is InChI=1S/C18H16F2N2O4/c19-13-3-1-4-14(20)12(13)10-22-15-6-5-11(17(24)25)9-16(15)21(18(22)26)7-2-8-23/h1,3-6,9,23H,2,7-8,10H2,(H,24,25). The third-order valence-corrected chi connectivity index (χ3v) is 4.18. The third-order valence-electron chi connectivity index (χ3n) is 4.18. The zero-order valence-corrected chi connectivity index (χ0v) is 13.7. The molecular weight excluding hydrogens is 346 g/mol. The molecule has 0 aliphatic carbocycles. The van der Waals surface area contributed by atoms with Gasteiger partial charge in [-0.15, -0.1) is 0 Å². The zero-order valence-electron chi connectivity index (χ0n) is 13.7. The van der Waals surface area contributed by atoms with Gasteiger partial charge in [-0.3, -0.25) is 9.13 Å². The number of benzene rings is 2. The van der Waals surface area contributed by atoms with E-state index in [1.54, 1.807) is 0 Å². The van der Waals surface area contributed by atoms with Crippen molar-refractivity contribution in [3.63, 3.8) is 0 Å². The largest absolute Gasteiger partial charge is 0.478 e. The van der Waals surface area contributed by atoms with Crippen LogP contribution in [0.15, 0.2) is 41.2 Å².